The molecule has 8 heavy (non-hydrogen) atoms. The lowest BCUT2D eigenvalue weighted by molar-refractivity contribution is 0.658. The highest BCUT2D eigenvalue weighted by atomic mass is 14.8. The second kappa shape index (κ2) is 1.47. The third-order valence-corrected chi connectivity index (χ3v) is 2.10. The quantitative estimate of drug-likeness (QED) is 0.408. The first-order chi connectivity index (χ1) is 3.71. The Kier molecular flexibility index (Phi) is 1.03. The van der Waals surface area contributed by atoms with Crippen LogP contribution in [0.5, 0.6) is 0 Å². The number of hydrogen-bond donors (Lipinski definition) is 2. The molecule has 0 spiro atoms. The fraction of sp³-hybridized carbons (Fsp3) is 0.833. The Hall–Kier alpha value is -0.530. The predicted molar refractivity (Wildman–Crippen MR) is 33.9 cm³/mol. The molecular weight excluding hydrogens is 100 g/mol. The summed E-state index contributed by atoms with van der Waals surface area (Å²) < 4.78 is 0. The third kappa shape index (κ3) is 0.602. The third-order valence-electron chi connectivity index (χ3n) is 2.10. The molecule has 0 aliphatic heterocycles. The summed E-state index contributed by atoms with van der Waals surface area (Å²) in [7, 11) is 0. The van der Waals surface area contributed by atoms with Gasteiger partial charge in [0, 0.05) is 5.41 Å². The molecular formula is C6H12N2. The summed E-state index contributed by atoms with van der Waals surface area (Å²) in [4.78, 5) is 0. The summed E-state index contributed by atoms with van der Waals surface area (Å²) in [6, 6.07) is 0. The highest BCUT2D eigenvalue weighted by Gasteiger charge is 2.43. The summed E-state index contributed by atoms with van der Waals surface area (Å²) in [5, 5.41) is 7.14. The van der Waals surface area contributed by atoms with Crippen molar-refractivity contribution in [2.75, 3.05) is 0 Å². The molecule has 0 heterocycles. The van der Waals surface area contributed by atoms with E-state index in [0.717, 1.165) is 19.3 Å². The van der Waals surface area contributed by atoms with Crippen LogP contribution in [0.4, 0.5) is 0 Å². The van der Waals surface area contributed by atoms with Crippen molar-refractivity contribution in [3.63, 3.8) is 0 Å². The molecule has 1 saturated carbocycles. The molecule has 0 unspecified atom stereocenters. The van der Waals surface area contributed by atoms with Crippen molar-refractivity contribution in [3.8, 4) is 0 Å². The van der Waals surface area contributed by atoms with Crippen LogP contribution in [0.2, 0.25) is 0 Å². The van der Waals surface area contributed by atoms with Gasteiger partial charge in [-0.1, -0.05) is 6.92 Å². The monoisotopic (exact) mass is 112 g/mol. The van der Waals surface area contributed by atoms with Crippen LogP contribution in [-0.2, 0) is 0 Å². The zero-order valence-electron chi connectivity index (χ0n) is 5.20. The molecule has 1 aliphatic carbocycles. The van der Waals surface area contributed by atoms with E-state index < -0.39 is 0 Å². The van der Waals surface area contributed by atoms with Crippen LogP contribution in [0.3, 0.4) is 0 Å². The first-order valence-electron chi connectivity index (χ1n) is 3.06. The molecule has 1 rings (SSSR count). The summed E-state index contributed by atoms with van der Waals surface area (Å²) in [5.41, 5.74) is 5.48. The van der Waals surface area contributed by atoms with E-state index in [2.05, 4.69) is 6.92 Å². The molecule has 0 amide bonds. The van der Waals surface area contributed by atoms with Gasteiger partial charge in [0.05, 0.1) is 5.84 Å². The lowest BCUT2D eigenvalue weighted by atomic mass is 10.0. The van der Waals surface area contributed by atoms with Crippen LogP contribution < -0.4 is 5.73 Å². The molecule has 2 heteroatoms. The molecule has 2 nitrogen and oxygen atoms in total. The largest absolute Gasteiger partial charge is 0.387 e. The van der Waals surface area contributed by atoms with Crippen molar-refractivity contribution in [2.24, 2.45) is 11.1 Å². The standard InChI is InChI=1S/C6H12N2/c1-2-6(3-4-6)5(7)8/h2-4H2,1H3,(H3,7,8). The van der Waals surface area contributed by atoms with Gasteiger partial charge in [0.25, 0.3) is 0 Å². The molecule has 1 aliphatic rings. The molecule has 0 bridgehead atoms. The molecule has 46 valence electrons. The number of nitrogens with one attached hydrogen (secondary N) is 1. The van der Waals surface area contributed by atoms with Gasteiger partial charge in [0.15, 0.2) is 0 Å². The Morgan fingerprint density at radius 1 is 1.75 bits per heavy atom. The molecule has 0 aromatic rings. The van der Waals surface area contributed by atoms with Gasteiger partial charge in [-0.15, -0.1) is 0 Å². The molecule has 3 N–H and O–H groups in total. The van der Waals surface area contributed by atoms with E-state index in [1.165, 1.54) is 0 Å². The van der Waals surface area contributed by atoms with Crippen LogP contribution in [0.1, 0.15) is 26.2 Å². The van der Waals surface area contributed by atoms with Crippen molar-refractivity contribution in [1.82, 2.24) is 0 Å². The van der Waals surface area contributed by atoms with E-state index in [1.54, 1.807) is 0 Å². The van der Waals surface area contributed by atoms with Crippen molar-refractivity contribution in [2.45, 2.75) is 26.2 Å². The normalized spacial score (nSPS) is 22.6. The molecule has 0 aromatic carbocycles. The van der Waals surface area contributed by atoms with Gasteiger partial charge in [-0.25, -0.2) is 0 Å². The van der Waals surface area contributed by atoms with E-state index in [-0.39, 0.29) is 5.41 Å². The van der Waals surface area contributed by atoms with Crippen molar-refractivity contribution < 1.29 is 0 Å². The predicted octanol–water partition coefficient (Wildman–Crippen LogP) is 1.11. The van der Waals surface area contributed by atoms with Gasteiger partial charge < -0.3 is 5.73 Å². The maximum absolute atomic E-state index is 7.14. The van der Waals surface area contributed by atoms with Gasteiger partial charge in [0.1, 0.15) is 0 Å². The first kappa shape index (κ1) is 5.60. The minimum Gasteiger partial charge on any atom is -0.387 e. The fourth-order valence-electron chi connectivity index (χ4n) is 0.964. The van der Waals surface area contributed by atoms with Crippen molar-refractivity contribution in [3.05, 3.63) is 0 Å². The van der Waals surface area contributed by atoms with E-state index in [4.69, 9.17) is 11.1 Å². The number of hydrogen-bond acceptors (Lipinski definition) is 1. The number of nitrogens with two attached hydrogens (primary N) is 1. The number of amidine groups is 1. The van der Waals surface area contributed by atoms with Crippen molar-refractivity contribution >= 4 is 5.84 Å². The van der Waals surface area contributed by atoms with Gasteiger partial charge in [-0.3, -0.25) is 5.41 Å². The highest BCUT2D eigenvalue weighted by Crippen LogP contribution is 2.48. The molecule has 0 radical (unpaired) electrons. The van der Waals surface area contributed by atoms with E-state index in [0.29, 0.717) is 5.84 Å². The maximum atomic E-state index is 7.14. The van der Waals surface area contributed by atoms with Gasteiger partial charge >= 0.3 is 0 Å². The Balaban J connectivity index is 2.53. The molecule has 0 saturated heterocycles. The van der Waals surface area contributed by atoms with Crippen LogP contribution >= 0.6 is 0 Å². The average Bonchev–Trinajstić information content (AvgIpc) is 2.44. The van der Waals surface area contributed by atoms with Gasteiger partial charge in [0.2, 0.25) is 0 Å². The van der Waals surface area contributed by atoms with Gasteiger partial charge in [-0.05, 0) is 19.3 Å². The van der Waals surface area contributed by atoms with Crippen LogP contribution in [0.25, 0.3) is 0 Å². The van der Waals surface area contributed by atoms with Gasteiger partial charge in [-0.2, -0.15) is 0 Å². The number of rotatable bonds is 2. The maximum Gasteiger partial charge on any atom is 0.0968 e. The zero-order valence-corrected chi connectivity index (χ0v) is 5.20. The van der Waals surface area contributed by atoms with Crippen LogP contribution in [0, 0.1) is 10.8 Å². The lowest BCUT2D eigenvalue weighted by Crippen LogP contribution is -2.22. The molecule has 0 atom stereocenters. The fourth-order valence-corrected chi connectivity index (χ4v) is 0.964. The van der Waals surface area contributed by atoms with Crippen molar-refractivity contribution in [1.29, 1.82) is 5.41 Å². The van der Waals surface area contributed by atoms with Crippen LogP contribution in [-0.4, -0.2) is 5.84 Å². The summed E-state index contributed by atoms with van der Waals surface area (Å²) in [6.07, 6.45) is 3.32. The van der Waals surface area contributed by atoms with E-state index >= 15 is 0 Å². The summed E-state index contributed by atoms with van der Waals surface area (Å²) in [5.74, 6) is 0.389. The second-order valence-electron chi connectivity index (χ2n) is 2.55. The lowest BCUT2D eigenvalue weighted by Gasteiger charge is -2.07. The second-order valence-corrected chi connectivity index (χ2v) is 2.55. The summed E-state index contributed by atoms with van der Waals surface area (Å²) in [6.45, 7) is 2.09. The Morgan fingerprint density at radius 3 is 2.25 bits per heavy atom. The highest BCUT2D eigenvalue weighted by molar-refractivity contribution is 5.86. The molecule has 1 fully saturated rings. The summed E-state index contributed by atoms with van der Waals surface area (Å²) >= 11 is 0. The average molecular weight is 112 g/mol. The minimum absolute atomic E-state index is 0.153. The first-order valence-corrected chi connectivity index (χ1v) is 3.06. The topological polar surface area (TPSA) is 49.9 Å². The van der Waals surface area contributed by atoms with E-state index in [1.807, 2.05) is 0 Å². The Morgan fingerprint density at radius 2 is 2.25 bits per heavy atom. The van der Waals surface area contributed by atoms with E-state index in [9.17, 15) is 0 Å². The Labute approximate surface area is 49.6 Å². The van der Waals surface area contributed by atoms with Crippen LogP contribution in [0.15, 0.2) is 0 Å². The molecule has 0 aromatic heterocycles. The zero-order chi connectivity index (χ0) is 6.20. The Bertz CT molecular complexity index is 114. The smallest absolute Gasteiger partial charge is 0.0968 e. The SMILES string of the molecule is CCC1(C(=N)N)CC1. The minimum atomic E-state index is 0.153.